The third kappa shape index (κ3) is 5.31. The second-order valence-electron chi connectivity index (χ2n) is 7.03. The smallest absolute Gasteiger partial charge is 0.344 e. The van der Waals surface area contributed by atoms with Crippen LogP contribution in [-0.4, -0.2) is 25.6 Å². The minimum absolute atomic E-state index is 0.0167. The predicted octanol–water partition coefficient (Wildman–Crippen LogP) is 4.39. The molecule has 0 saturated heterocycles. The summed E-state index contributed by atoms with van der Waals surface area (Å²) in [7, 11) is -3.91. The molecule has 0 unspecified atom stereocenters. The Balaban J connectivity index is 1.81. The van der Waals surface area contributed by atoms with Crippen LogP contribution in [-0.2, 0) is 16.2 Å². The average Bonchev–Trinajstić information content (AvgIpc) is 2.68. The summed E-state index contributed by atoms with van der Waals surface area (Å²) in [5, 5.41) is 2.66. The maximum atomic E-state index is 14.2. The van der Waals surface area contributed by atoms with Crippen molar-refractivity contribution in [1.29, 1.82) is 0 Å². The molecule has 1 aromatic heterocycles. The number of hydrogen-bond donors (Lipinski definition) is 2. The van der Waals surface area contributed by atoms with Gasteiger partial charge in [-0.15, -0.1) is 0 Å². The van der Waals surface area contributed by atoms with Crippen molar-refractivity contribution in [2.75, 3.05) is 11.0 Å². The lowest BCUT2D eigenvalue weighted by Gasteiger charge is -2.16. The second-order valence-corrected chi connectivity index (χ2v) is 8.78. The van der Waals surface area contributed by atoms with Gasteiger partial charge in [0.1, 0.15) is 11.4 Å². The third-order valence-electron chi connectivity index (χ3n) is 4.45. The molecule has 2 N–H and O–H groups in total. The highest BCUT2D eigenvalue weighted by Gasteiger charge is 2.30. The molecule has 6 nitrogen and oxygen atoms in total. The fraction of sp³-hybridized carbons (Fsp3) is 0.200. The first kappa shape index (κ1) is 23.4. The average molecular weight is 473 g/mol. The Morgan fingerprint density at radius 3 is 2.22 bits per heavy atom. The molecule has 1 amide bonds. The van der Waals surface area contributed by atoms with E-state index in [0.29, 0.717) is 0 Å². The number of carbonyl (C=O) groups excluding carboxylic acids is 1. The molecule has 1 atom stereocenters. The van der Waals surface area contributed by atoms with E-state index in [0.717, 1.165) is 36.6 Å². The molecule has 1 heterocycles. The van der Waals surface area contributed by atoms with Crippen molar-refractivity contribution >= 4 is 32.5 Å². The standard InChI is InChI=1S/C20H16F5N3O3S/c1-10(12-8-14(21)18(15(22)9-12)28-32(2,30)31)26-19(29)17-5-3-11-7-13(20(23,24)25)4-6-16(11)27-17/h3-10,28H,1-2H3,(H,26,29)/t10-/m1/s1. The zero-order chi connectivity index (χ0) is 23.8. The van der Waals surface area contributed by atoms with Gasteiger partial charge in [0.25, 0.3) is 5.91 Å². The van der Waals surface area contributed by atoms with Crippen LogP contribution in [0.15, 0.2) is 42.5 Å². The number of pyridine rings is 1. The maximum Gasteiger partial charge on any atom is 0.416 e. The number of alkyl halides is 3. The summed E-state index contributed by atoms with van der Waals surface area (Å²) >= 11 is 0. The van der Waals surface area contributed by atoms with Gasteiger partial charge >= 0.3 is 6.18 Å². The van der Waals surface area contributed by atoms with Crippen molar-refractivity contribution in [1.82, 2.24) is 10.3 Å². The first-order valence-electron chi connectivity index (χ1n) is 9.00. The van der Waals surface area contributed by atoms with Gasteiger partial charge in [0.15, 0.2) is 11.6 Å². The van der Waals surface area contributed by atoms with E-state index in [1.165, 1.54) is 19.1 Å². The number of hydrogen-bond acceptors (Lipinski definition) is 4. The maximum absolute atomic E-state index is 14.2. The highest BCUT2D eigenvalue weighted by atomic mass is 32.2. The number of carbonyl (C=O) groups is 1. The van der Waals surface area contributed by atoms with Gasteiger partial charge in [-0.25, -0.2) is 22.2 Å². The van der Waals surface area contributed by atoms with Crippen molar-refractivity contribution in [3.8, 4) is 0 Å². The largest absolute Gasteiger partial charge is 0.416 e. The zero-order valence-electron chi connectivity index (χ0n) is 16.6. The Morgan fingerprint density at radius 1 is 1.03 bits per heavy atom. The lowest BCUT2D eigenvalue weighted by Crippen LogP contribution is -2.27. The fourth-order valence-corrected chi connectivity index (χ4v) is 3.47. The summed E-state index contributed by atoms with van der Waals surface area (Å²) in [6, 6.07) is 6.26. The molecular weight excluding hydrogens is 457 g/mol. The number of benzene rings is 2. The van der Waals surface area contributed by atoms with E-state index in [4.69, 9.17) is 0 Å². The van der Waals surface area contributed by atoms with Crippen LogP contribution in [0.4, 0.5) is 27.6 Å². The van der Waals surface area contributed by atoms with Gasteiger partial charge in [-0.05, 0) is 48.9 Å². The summed E-state index contributed by atoms with van der Waals surface area (Å²) < 4.78 is 91.0. The van der Waals surface area contributed by atoms with Crippen LogP contribution in [0, 0.1) is 11.6 Å². The van der Waals surface area contributed by atoms with Crippen LogP contribution in [0.3, 0.4) is 0 Å². The van der Waals surface area contributed by atoms with Gasteiger partial charge in [0.2, 0.25) is 10.0 Å². The number of nitrogens with one attached hydrogen (secondary N) is 2. The lowest BCUT2D eigenvalue weighted by atomic mass is 10.1. The number of rotatable bonds is 5. The fourth-order valence-electron chi connectivity index (χ4n) is 2.91. The van der Waals surface area contributed by atoms with E-state index in [2.05, 4.69) is 10.3 Å². The van der Waals surface area contributed by atoms with E-state index < -0.39 is 51.0 Å². The normalized spacial score (nSPS) is 13.1. The van der Waals surface area contributed by atoms with E-state index in [1.807, 2.05) is 0 Å². The lowest BCUT2D eigenvalue weighted by molar-refractivity contribution is -0.137. The topological polar surface area (TPSA) is 88.2 Å². The van der Waals surface area contributed by atoms with Gasteiger partial charge in [-0.1, -0.05) is 6.07 Å². The van der Waals surface area contributed by atoms with Crippen LogP contribution in [0.1, 0.15) is 34.6 Å². The minimum atomic E-state index is -4.52. The summed E-state index contributed by atoms with van der Waals surface area (Å²) in [6.45, 7) is 1.44. The number of sulfonamides is 1. The number of anilines is 1. The highest BCUT2D eigenvalue weighted by Crippen LogP contribution is 2.31. The molecule has 0 aliphatic heterocycles. The van der Waals surface area contributed by atoms with Crippen molar-refractivity contribution in [3.63, 3.8) is 0 Å². The first-order valence-corrected chi connectivity index (χ1v) is 10.9. The molecule has 170 valence electrons. The molecule has 0 spiro atoms. The van der Waals surface area contributed by atoms with Crippen molar-refractivity contribution < 1.29 is 35.2 Å². The first-order chi connectivity index (χ1) is 14.7. The van der Waals surface area contributed by atoms with Crippen LogP contribution in [0.25, 0.3) is 10.9 Å². The van der Waals surface area contributed by atoms with Crippen molar-refractivity contribution in [3.05, 3.63) is 70.9 Å². The van der Waals surface area contributed by atoms with E-state index in [1.54, 1.807) is 4.72 Å². The Labute approximate surface area is 179 Å². The summed E-state index contributed by atoms with van der Waals surface area (Å²) in [5.41, 5.74) is -1.63. The Hall–Kier alpha value is -3.28. The molecule has 0 saturated carbocycles. The van der Waals surface area contributed by atoms with Gasteiger partial charge in [0.05, 0.1) is 23.4 Å². The molecule has 0 fully saturated rings. The second kappa shape index (κ2) is 8.34. The number of amides is 1. The van der Waals surface area contributed by atoms with E-state index >= 15 is 0 Å². The Kier molecular flexibility index (Phi) is 6.09. The molecule has 0 radical (unpaired) electrons. The third-order valence-corrected chi connectivity index (χ3v) is 5.02. The molecule has 3 rings (SSSR count). The number of aromatic nitrogens is 1. The summed E-state index contributed by atoms with van der Waals surface area (Å²) in [4.78, 5) is 16.5. The molecular formula is C20H16F5N3O3S. The number of halogens is 5. The molecule has 3 aromatic rings. The molecule has 2 aromatic carbocycles. The van der Waals surface area contributed by atoms with Gasteiger partial charge < -0.3 is 5.32 Å². The molecule has 0 bridgehead atoms. The van der Waals surface area contributed by atoms with E-state index in [-0.39, 0.29) is 22.2 Å². The van der Waals surface area contributed by atoms with Gasteiger partial charge in [-0.3, -0.25) is 9.52 Å². The van der Waals surface area contributed by atoms with E-state index in [9.17, 15) is 35.2 Å². The molecule has 12 heteroatoms. The zero-order valence-corrected chi connectivity index (χ0v) is 17.4. The van der Waals surface area contributed by atoms with Crippen molar-refractivity contribution in [2.24, 2.45) is 0 Å². The van der Waals surface area contributed by atoms with Gasteiger partial charge in [-0.2, -0.15) is 13.2 Å². The minimum Gasteiger partial charge on any atom is -0.344 e. The Morgan fingerprint density at radius 2 is 1.66 bits per heavy atom. The summed E-state index contributed by atoms with van der Waals surface area (Å²) in [5.74, 6) is -3.06. The number of nitrogens with zero attached hydrogens (tertiary/aromatic N) is 1. The monoisotopic (exact) mass is 473 g/mol. The Bertz CT molecular complexity index is 1290. The molecule has 0 aliphatic rings. The number of fused-ring (bicyclic) bond motifs is 1. The predicted molar refractivity (Wildman–Crippen MR) is 107 cm³/mol. The molecule has 0 aliphatic carbocycles. The SMILES string of the molecule is C[C@@H](NC(=O)c1ccc2cc(C(F)(F)F)ccc2n1)c1cc(F)c(NS(C)(=O)=O)c(F)c1. The molecule has 32 heavy (non-hydrogen) atoms. The van der Waals surface area contributed by atoms with Crippen molar-refractivity contribution in [2.45, 2.75) is 19.1 Å². The van der Waals surface area contributed by atoms with Crippen LogP contribution in [0.2, 0.25) is 0 Å². The van der Waals surface area contributed by atoms with Crippen LogP contribution < -0.4 is 10.0 Å². The highest BCUT2D eigenvalue weighted by molar-refractivity contribution is 7.92. The van der Waals surface area contributed by atoms with Crippen LogP contribution >= 0.6 is 0 Å². The van der Waals surface area contributed by atoms with Gasteiger partial charge in [0, 0.05) is 5.39 Å². The quantitative estimate of drug-likeness (QED) is 0.538. The van der Waals surface area contributed by atoms with Crippen LogP contribution in [0.5, 0.6) is 0 Å². The summed E-state index contributed by atoms with van der Waals surface area (Å²) in [6.07, 6.45) is -3.78.